The van der Waals surface area contributed by atoms with Crippen LogP contribution in [0.25, 0.3) is 0 Å². The number of hydrogen-bond donors (Lipinski definition) is 1. The zero-order chi connectivity index (χ0) is 18.1. The average Bonchev–Trinajstić information content (AvgIpc) is 3.23. The molecule has 1 unspecified atom stereocenters. The van der Waals surface area contributed by atoms with E-state index in [0.717, 1.165) is 30.6 Å². The molecular formula is C24H37NO. The molecule has 5 rings (SSSR count). The second-order valence-corrected chi connectivity index (χ2v) is 10.6. The smallest absolute Gasteiger partial charge is 0.0577 e. The number of aliphatic hydroxyl groups excluding tert-OH is 1. The summed E-state index contributed by atoms with van der Waals surface area (Å²) in [5.41, 5.74) is 4.08. The standard InChI is InChI=1S/C24H37NO/c1-16-14-17-15-18(26)8-10-23(17,2)20-9-11-24(3)19(22(16)20)6-7-21(24)25-12-4-5-13-25/h7,14,16,18-20,22,26H,4-6,8-13,15H2,1-3H3/t16?,18-,19-,20-,22-,23-,24-/m0/s1. The van der Waals surface area contributed by atoms with E-state index in [9.17, 15) is 5.11 Å². The van der Waals surface area contributed by atoms with Crippen molar-refractivity contribution in [2.75, 3.05) is 13.1 Å². The number of aliphatic hydroxyl groups is 1. The van der Waals surface area contributed by atoms with E-state index in [-0.39, 0.29) is 6.10 Å². The van der Waals surface area contributed by atoms with Crippen molar-refractivity contribution in [1.82, 2.24) is 4.90 Å². The van der Waals surface area contributed by atoms with E-state index in [0.29, 0.717) is 16.7 Å². The van der Waals surface area contributed by atoms with Crippen molar-refractivity contribution in [3.8, 4) is 0 Å². The molecule has 0 aromatic rings. The topological polar surface area (TPSA) is 23.5 Å². The van der Waals surface area contributed by atoms with E-state index in [1.165, 1.54) is 51.6 Å². The molecule has 0 spiro atoms. The van der Waals surface area contributed by atoms with Crippen LogP contribution in [0.4, 0.5) is 0 Å². The molecule has 7 atom stereocenters. The maximum absolute atomic E-state index is 10.2. The molecule has 2 saturated carbocycles. The van der Waals surface area contributed by atoms with Gasteiger partial charge in [0.2, 0.25) is 0 Å². The molecule has 4 aliphatic carbocycles. The zero-order valence-electron chi connectivity index (χ0n) is 17.0. The lowest BCUT2D eigenvalue weighted by Crippen LogP contribution is -2.53. The van der Waals surface area contributed by atoms with Gasteiger partial charge in [0.15, 0.2) is 0 Å². The van der Waals surface area contributed by atoms with Crippen LogP contribution in [0.15, 0.2) is 23.4 Å². The molecule has 0 radical (unpaired) electrons. The van der Waals surface area contributed by atoms with Gasteiger partial charge in [-0.25, -0.2) is 0 Å². The molecule has 1 heterocycles. The SMILES string of the molecule is CC1C=C2C[C@@H](O)CC[C@]2(C)[C@H]2CC[C@]3(C)C(N4CCCC4)=CC[C@H]3[C@H]12. The molecule has 144 valence electrons. The predicted molar refractivity (Wildman–Crippen MR) is 107 cm³/mol. The van der Waals surface area contributed by atoms with Crippen LogP contribution in [0.3, 0.4) is 0 Å². The Kier molecular flexibility index (Phi) is 3.91. The number of likely N-dealkylation sites (tertiary alicyclic amines) is 1. The molecule has 1 aliphatic heterocycles. The fourth-order valence-corrected chi connectivity index (χ4v) is 8.00. The molecule has 0 amide bonds. The second-order valence-electron chi connectivity index (χ2n) is 10.6. The molecule has 2 nitrogen and oxygen atoms in total. The van der Waals surface area contributed by atoms with Crippen LogP contribution in [0.5, 0.6) is 0 Å². The van der Waals surface area contributed by atoms with Crippen molar-refractivity contribution in [3.05, 3.63) is 23.4 Å². The van der Waals surface area contributed by atoms with Crippen LogP contribution in [0.1, 0.15) is 72.1 Å². The van der Waals surface area contributed by atoms with Gasteiger partial charge in [0.05, 0.1) is 6.10 Å². The Balaban J connectivity index is 1.48. The molecule has 5 aliphatic rings. The first-order valence-corrected chi connectivity index (χ1v) is 11.3. The van der Waals surface area contributed by atoms with Gasteiger partial charge in [-0.1, -0.05) is 38.5 Å². The summed E-state index contributed by atoms with van der Waals surface area (Å²) in [7, 11) is 0. The lowest BCUT2D eigenvalue weighted by molar-refractivity contribution is -0.0532. The first-order valence-electron chi connectivity index (χ1n) is 11.3. The van der Waals surface area contributed by atoms with Crippen LogP contribution < -0.4 is 0 Å². The molecule has 0 bridgehead atoms. The quantitative estimate of drug-likeness (QED) is 0.658. The highest BCUT2D eigenvalue weighted by Gasteiger charge is 2.58. The van der Waals surface area contributed by atoms with Gasteiger partial charge in [0.1, 0.15) is 0 Å². The Morgan fingerprint density at radius 3 is 2.54 bits per heavy atom. The Bertz CT molecular complexity index is 645. The molecular weight excluding hydrogens is 318 g/mol. The van der Waals surface area contributed by atoms with Crippen LogP contribution in [-0.4, -0.2) is 29.2 Å². The summed E-state index contributed by atoms with van der Waals surface area (Å²) in [6.45, 7) is 10.2. The summed E-state index contributed by atoms with van der Waals surface area (Å²) in [5, 5.41) is 10.2. The Labute approximate surface area is 159 Å². The molecule has 1 N–H and O–H groups in total. The third-order valence-corrected chi connectivity index (χ3v) is 9.39. The lowest BCUT2D eigenvalue weighted by Gasteiger charge is -2.59. The van der Waals surface area contributed by atoms with Gasteiger partial charge in [-0.3, -0.25) is 0 Å². The van der Waals surface area contributed by atoms with Gasteiger partial charge < -0.3 is 10.0 Å². The van der Waals surface area contributed by atoms with Gasteiger partial charge in [0, 0.05) is 24.2 Å². The van der Waals surface area contributed by atoms with Crippen molar-refractivity contribution in [1.29, 1.82) is 0 Å². The van der Waals surface area contributed by atoms with Gasteiger partial charge in [-0.15, -0.1) is 0 Å². The maximum Gasteiger partial charge on any atom is 0.0577 e. The van der Waals surface area contributed by atoms with E-state index in [4.69, 9.17) is 0 Å². The Hall–Kier alpha value is -0.760. The minimum atomic E-state index is -0.0955. The molecule has 26 heavy (non-hydrogen) atoms. The molecule has 0 aromatic carbocycles. The fraction of sp³-hybridized carbons (Fsp3) is 0.833. The van der Waals surface area contributed by atoms with Crippen LogP contribution in [-0.2, 0) is 0 Å². The second kappa shape index (κ2) is 5.87. The maximum atomic E-state index is 10.2. The molecule has 3 fully saturated rings. The van der Waals surface area contributed by atoms with Gasteiger partial charge in [-0.2, -0.15) is 0 Å². The fourth-order valence-electron chi connectivity index (χ4n) is 8.00. The van der Waals surface area contributed by atoms with Gasteiger partial charge in [-0.05, 0) is 80.5 Å². The largest absolute Gasteiger partial charge is 0.393 e. The van der Waals surface area contributed by atoms with E-state index < -0.39 is 0 Å². The first-order chi connectivity index (χ1) is 12.4. The Morgan fingerprint density at radius 2 is 1.77 bits per heavy atom. The van der Waals surface area contributed by atoms with Gasteiger partial charge >= 0.3 is 0 Å². The highest BCUT2D eigenvalue weighted by Crippen LogP contribution is 2.66. The van der Waals surface area contributed by atoms with Crippen molar-refractivity contribution in [3.63, 3.8) is 0 Å². The van der Waals surface area contributed by atoms with E-state index >= 15 is 0 Å². The predicted octanol–water partition coefficient (Wildman–Crippen LogP) is 5.15. The summed E-state index contributed by atoms with van der Waals surface area (Å²) in [5.74, 6) is 3.15. The first kappa shape index (κ1) is 17.3. The lowest BCUT2D eigenvalue weighted by atomic mass is 9.46. The highest BCUT2D eigenvalue weighted by molar-refractivity contribution is 5.31. The number of allylic oxidation sites excluding steroid dienone is 3. The monoisotopic (exact) mass is 355 g/mol. The van der Waals surface area contributed by atoms with Crippen LogP contribution in [0, 0.1) is 34.5 Å². The third kappa shape index (κ3) is 2.26. The number of rotatable bonds is 1. The summed E-state index contributed by atoms with van der Waals surface area (Å²) in [6, 6.07) is 0. The minimum absolute atomic E-state index is 0.0955. The number of fused-ring (bicyclic) bond motifs is 5. The average molecular weight is 356 g/mol. The van der Waals surface area contributed by atoms with Gasteiger partial charge in [0.25, 0.3) is 0 Å². The van der Waals surface area contributed by atoms with Crippen LogP contribution >= 0.6 is 0 Å². The number of hydrogen-bond acceptors (Lipinski definition) is 2. The molecule has 0 aromatic heterocycles. The highest BCUT2D eigenvalue weighted by atomic mass is 16.3. The summed E-state index contributed by atoms with van der Waals surface area (Å²) in [6.07, 6.45) is 15.1. The summed E-state index contributed by atoms with van der Waals surface area (Å²) < 4.78 is 0. The van der Waals surface area contributed by atoms with Crippen molar-refractivity contribution in [2.24, 2.45) is 34.5 Å². The van der Waals surface area contributed by atoms with Crippen LogP contribution in [0.2, 0.25) is 0 Å². The third-order valence-electron chi connectivity index (χ3n) is 9.39. The molecule has 2 heteroatoms. The van der Waals surface area contributed by atoms with Crippen molar-refractivity contribution in [2.45, 2.75) is 78.2 Å². The van der Waals surface area contributed by atoms with E-state index in [1.54, 1.807) is 11.3 Å². The van der Waals surface area contributed by atoms with E-state index in [2.05, 4.69) is 37.8 Å². The Morgan fingerprint density at radius 1 is 1.04 bits per heavy atom. The normalized spacial score (nSPS) is 50.6. The molecule has 1 saturated heterocycles. The zero-order valence-corrected chi connectivity index (χ0v) is 17.0. The number of nitrogens with zero attached hydrogens (tertiary/aromatic N) is 1. The van der Waals surface area contributed by atoms with E-state index in [1.807, 2.05) is 0 Å². The van der Waals surface area contributed by atoms with Crippen molar-refractivity contribution >= 4 is 0 Å². The summed E-state index contributed by atoms with van der Waals surface area (Å²) in [4.78, 5) is 2.73. The summed E-state index contributed by atoms with van der Waals surface area (Å²) >= 11 is 0. The van der Waals surface area contributed by atoms with Crippen molar-refractivity contribution < 1.29 is 5.11 Å². The minimum Gasteiger partial charge on any atom is -0.393 e.